The summed E-state index contributed by atoms with van der Waals surface area (Å²) in [7, 11) is 0. The van der Waals surface area contributed by atoms with Gasteiger partial charge in [-0.2, -0.15) is 0 Å². The minimum atomic E-state index is -0.514. The van der Waals surface area contributed by atoms with E-state index in [1.165, 1.54) is 0 Å². The normalized spacial score (nSPS) is 10.8. The number of nitrogens with one attached hydrogen (secondary N) is 1. The molecule has 3 N–H and O–H groups in total. The predicted molar refractivity (Wildman–Crippen MR) is 97.1 cm³/mol. The average Bonchev–Trinajstić information content (AvgIpc) is 2.93. The summed E-state index contributed by atoms with van der Waals surface area (Å²) in [5.41, 5.74) is 8.01. The molecule has 0 aliphatic heterocycles. The van der Waals surface area contributed by atoms with Gasteiger partial charge in [0.2, 0.25) is 5.91 Å². The highest BCUT2D eigenvalue weighted by Crippen LogP contribution is 2.20. The predicted octanol–water partition coefficient (Wildman–Crippen LogP) is 3.29. The van der Waals surface area contributed by atoms with Crippen LogP contribution in [0.15, 0.2) is 42.6 Å². The molecule has 0 fully saturated rings. The quantitative estimate of drug-likeness (QED) is 0.735. The van der Waals surface area contributed by atoms with Gasteiger partial charge in [0.1, 0.15) is 11.3 Å². The third-order valence-corrected chi connectivity index (χ3v) is 4.01. The van der Waals surface area contributed by atoms with Gasteiger partial charge in [-0.3, -0.25) is 14.0 Å². The molecule has 0 spiro atoms. The van der Waals surface area contributed by atoms with Crippen LogP contribution in [-0.2, 0) is 6.42 Å². The molecule has 3 rings (SSSR count). The van der Waals surface area contributed by atoms with Gasteiger partial charge in [-0.1, -0.05) is 24.9 Å². The van der Waals surface area contributed by atoms with Gasteiger partial charge in [0.05, 0.1) is 10.7 Å². The summed E-state index contributed by atoms with van der Waals surface area (Å²) in [5, 5.41) is 3.35. The monoisotopic (exact) mass is 356 g/mol. The summed E-state index contributed by atoms with van der Waals surface area (Å²) in [4.78, 5) is 28.5. The summed E-state index contributed by atoms with van der Waals surface area (Å²) < 4.78 is 1.69. The Morgan fingerprint density at radius 3 is 2.56 bits per heavy atom. The number of fused-ring (bicyclic) bond motifs is 1. The topological polar surface area (TPSA) is 89.5 Å². The largest absolute Gasteiger partial charge is 0.366 e. The van der Waals surface area contributed by atoms with Crippen LogP contribution < -0.4 is 11.1 Å². The van der Waals surface area contributed by atoms with E-state index in [2.05, 4.69) is 10.3 Å². The van der Waals surface area contributed by atoms with Gasteiger partial charge < -0.3 is 11.1 Å². The zero-order chi connectivity index (χ0) is 18.0. The second kappa shape index (κ2) is 6.94. The van der Waals surface area contributed by atoms with Crippen molar-refractivity contribution in [3.05, 3.63) is 64.6 Å². The highest BCUT2D eigenvalue weighted by Gasteiger charge is 2.19. The Morgan fingerprint density at radius 1 is 1.20 bits per heavy atom. The summed E-state index contributed by atoms with van der Waals surface area (Å²) in [6.45, 7) is 2.03. The fourth-order valence-corrected chi connectivity index (χ4v) is 2.79. The molecule has 0 bridgehead atoms. The van der Waals surface area contributed by atoms with Crippen LogP contribution in [0.25, 0.3) is 5.65 Å². The molecule has 1 aromatic carbocycles. The van der Waals surface area contributed by atoms with Gasteiger partial charge >= 0.3 is 0 Å². The van der Waals surface area contributed by atoms with Gasteiger partial charge in [0.25, 0.3) is 5.91 Å². The molecule has 0 aliphatic carbocycles. The van der Waals surface area contributed by atoms with E-state index in [0.717, 1.165) is 12.1 Å². The molecule has 7 heteroatoms. The second-order valence-electron chi connectivity index (χ2n) is 5.63. The lowest BCUT2D eigenvalue weighted by Crippen LogP contribution is -2.17. The highest BCUT2D eigenvalue weighted by atomic mass is 35.5. The molecule has 0 aliphatic rings. The molecule has 2 amide bonds. The number of amides is 2. The van der Waals surface area contributed by atoms with Crippen LogP contribution in [0.2, 0.25) is 5.02 Å². The summed E-state index contributed by atoms with van der Waals surface area (Å²) >= 11 is 6.06. The van der Waals surface area contributed by atoms with Gasteiger partial charge in [-0.05, 0) is 42.8 Å². The van der Waals surface area contributed by atoms with Gasteiger partial charge in [-0.25, -0.2) is 4.98 Å². The summed E-state index contributed by atoms with van der Waals surface area (Å²) in [5.74, 6) is -0.801. The van der Waals surface area contributed by atoms with Crippen molar-refractivity contribution in [1.29, 1.82) is 0 Å². The number of aryl methyl sites for hydroxylation is 1. The van der Waals surface area contributed by atoms with Gasteiger partial charge in [0, 0.05) is 17.4 Å². The van der Waals surface area contributed by atoms with E-state index in [1.807, 2.05) is 6.92 Å². The molecule has 0 atom stereocenters. The number of imidazole rings is 1. The van der Waals surface area contributed by atoms with Crippen molar-refractivity contribution in [1.82, 2.24) is 9.38 Å². The molecule has 0 saturated carbocycles. The molecular formula is C18H17ClN4O2. The number of carbonyl (C=O) groups excluding carboxylic acids is 2. The number of anilines is 1. The van der Waals surface area contributed by atoms with Crippen LogP contribution in [0.3, 0.4) is 0 Å². The Morgan fingerprint density at radius 2 is 1.92 bits per heavy atom. The van der Waals surface area contributed by atoms with E-state index in [1.54, 1.807) is 47.0 Å². The Balaban J connectivity index is 1.96. The first kappa shape index (κ1) is 17.0. The molecule has 0 radical (unpaired) electrons. The Bertz CT molecular complexity index is 948. The summed E-state index contributed by atoms with van der Waals surface area (Å²) in [6, 6.07) is 9.91. The lowest BCUT2D eigenvalue weighted by Gasteiger charge is -2.08. The van der Waals surface area contributed by atoms with Crippen LogP contribution in [0.5, 0.6) is 0 Å². The molecule has 2 heterocycles. The molecule has 6 nitrogen and oxygen atoms in total. The lowest BCUT2D eigenvalue weighted by molar-refractivity contribution is 0.0997. The number of hydrogen-bond donors (Lipinski definition) is 2. The van der Waals surface area contributed by atoms with Crippen molar-refractivity contribution in [3.8, 4) is 0 Å². The molecule has 0 saturated heterocycles. The van der Waals surface area contributed by atoms with Crippen LogP contribution in [0.4, 0.5) is 5.69 Å². The van der Waals surface area contributed by atoms with E-state index in [-0.39, 0.29) is 5.91 Å². The van der Waals surface area contributed by atoms with Crippen molar-refractivity contribution in [3.63, 3.8) is 0 Å². The number of nitrogens with two attached hydrogens (primary N) is 1. The fraction of sp³-hybridized carbons (Fsp3) is 0.167. The number of nitrogens with zero attached hydrogens (tertiary/aromatic N) is 2. The molecular weight excluding hydrogens is 340 g/mol. The molecule has 2 aromatic heterocycles. The lowest BCUT2D eigenvalue weighted by atomic mass is 10.2. The molecule has 3 aromatic rings. The number of halogens is 1. The third-order valence-electron chi connectivity index (χ3n) is 3.78. The van der Waals surface area contributed by atoms with E-state index in [9.17, 15) is 9.59 Å². The van der Waals surface area contributed by atoms with Gasteiger partial charge in [-0.15, -0.1) is 0 Å². The SMILES string of the molecule is CCCc1nc2ccc(Cl)cn2c1C(=O)Nc1ccc(C(N)=O)cc1. The Labute approximate surface area is 149 Å². The van der Waals surface area contributed by atoms with Crippen LogP contribution in [0, 0.1) is 0 Å². The number of primary amides is 1. The molecule has 25 heavy (non-hydrogen) atoms. The maximum absolute atomic E-state index is 12.8. The first-order valence-corrected chi connectivity index (χ1v) is 8.25. The fourth-order valence-electron chi connectivity index (χ4n) is 2.63. The van der Waals surface area contributed by atoms with E-state index < -0.39 is 5.91 Å². The first-order chi connectivity index (χ1) is 12.0. The first-order valence-electron chi connectivity index (χ1n) is 7.87. The van der Waals surface area contributed by atoms with E-state index in [0.29, 0.717) is 34.0 Å². The van der Waals surface area contributed by atoms with E-state index in [4.69, 9.17) is 17.3 Å². The second-order valence-corrected chi connectivity index (χ2v) is 6.06. The average molecular weight is 357 g/mol. The minimum Gasteiger partial charge on any atom is -0.366 e. The van der Waals surface area contributed by atoms with Crippen molar-refractivity contribution < 1.29 is 9.59 Å². The van der Waals surface area contributed by atoms with Crippen LogP contribution in [0.1, 0.15) is 39.9 Å². The van der Waals surface area contributed by atoms with Crippen LogP contribution >= 0.6 is 11.6 Å². The third kappa shape index (κ3) is 3.49. The number of pyridine rings is 1. The Kier molecular flexibility index (Phi) is 4.72. The maximum atomic E-state index is 12.8. The van der Waals surface area contributed by atoms with E-state index >= 15 is 0 Å². The maximum Gasteiger partial charge on any atom is 0.274 e. The molecule has 0 unspecified atom stereocenters. The zero-order valence-electron chi connectivity index (χ0n) is 13.6. The van der Waals surface area contributed by atoms with Crippen molar-refractivity contribution in [2.45, 2.75) is 19.8 Å². The van der Waals surface area contributed by atoms with Crippen molar-refractivity contribution in [2.75, 3.05) is 5.32 Å². The number of aromatic nitrogens is 2. The minimum absolute atomic E-state index is 0.287. The van der Waals surface area contributed by atoms with Gasteiger partial charge in [0.15, 0.2) is 0 Å². The van der Waals surface area contributed by atoms with Crippen LogP contribution in [-0.4, -0.2) is 21.2 Å². The smallest absolute Gasteiger partial charge is 0.274 e. The highest BCUT2D eigenvalue weighted by molar-refractivity contribution is 6.30. The van der Waals surface area contributed by atoms with Crippen molar-refractivity contribution >= 4 is 34.7 Å². The number of hydrogen-bond acceptors (Lipinski definition) is 3. The standard InChI is InChI=1S/C18H17ClN4O2/c1-2-3-14-16(23-10-12(19)6-9-15(23)22-14)18(25)21-13-7-4-11(5-8-13)17(20)24/h4-10H,2-3H2,1H3,(H2,20,24)(H,21,25). The molecule has 128 valence electrons. The number of rotatable bonds is 5. The zero-order valence-corrected chi connectivity index (χ0v) is 14.4. The summed E-state index contributed by atoms with van der Waals surface area (Å²) in [6.07, 6.45) is 3.22. The number of carbonyl (C=O) groups is 2. The van der Waals surface area contributed by atoms with Crippen molar-refractivity contribution in [2.24, 2.45) is 5.73 Å². The Hall–Kier alpha value is -2.86. The number of benzene rings is 1.